The van der Waals surface area contributed by atoms with E-state index >= 15 is 0 Å². The van der Waals surface area contributed by atoms with Gasteiger partial charge in [-0.3, -0.25) is 4.79 Å². The molecule has 8 heteroatoms. The predicted octanol–water partition coefficient (Wildman–Crippen LogP) is 3.29. The number of ether oxygens (including phenoxy) is 3. The lowest BCUT2D eigenvalue weighted by Gasteiger charge is -2.17. The fourth-order valence-electron chi connectivity index (χ4n) is 4.21. The van der Waals surface area contributed by atoms with Crippen LogP contribution in [-0.4, -0.2) is 29.7 Å². The molecule has 1 aliphatic heterocycles. The van der Waals surface area contributed by atoms with Gasteiger partial charge in [0.15, 0.2) is 0 Å². The molecule has 4 N–H and O–H groups in total. The number of nitrogen functional groups attached to an aromatic ring is 2. The summed E-state index contributed by atoms with van der Waals surface area (Å²) in [5.41, 5.74) is 13.7. The molecule has 1 fully saturated rings. The van der Waals surface area contributed by atoms with Gasteiger partial charge in [-0.25, -0.2) is 4.98 Å². The summed E-state index contributed by atoms with van der Waals surface area (Å²) in [5, 5.41) is 0.646. The maximum Gasteiger partial charge on any atom is 0.316 e. The average molecular weight is 406 g/mol. The highest BCUT2D eigenvalue weighted by atomic mass is 16.5. The van der Waals surface area contributed by atoms with Crippen LogP contribution in [-0.2, 0) is 14.9 Å². The molecule has 5 rings (SSSR count). The molecule has 2 aromatic carbocycles. The van der Waals surface area contributed by atoms with E-state index in [0.29, 0.717) is 34.8 Å². The molecule has 30 heavy (non-hydrogen) atoms. The lowest BCUT2D eigenvalue weighted by Crippen LogP contribution is -2.21. The van der Waals surface area contributed by atoms with Crippen LogP contribution in [0.2, 0.25) is 0 Å². The van der Waals surface area contributed by atoms with E-state index in [1.165, 1.54) is 7.11 Å². The van der Waals surface area contributed by atoms with Crippen LogP contribution in [0.15, 0.2) is 30.3 Å². The highest BCUT2D eigenvalue weighted by Crippen LogP contribution is 2.51. The van der Waals surface area contributed by atoms with E-state index in [0.717, 1.165) is 24.0 Å². The van der Waals surface area contributed by atoms with Crippen LogP contribution < -0.4 is 20.9 Å². The average Bonchev–Trinajstić information content (AvgIpc) is 3.44. The largest absolute Gasteiger partial charge is 0.492 e. The molecule has 0 spiro atoms. The molecule has 2 aliphatic rings. The number of carbonyl (C=O) groups is 1. The first-order chi connectivity index (χ1) is 14.4. The number of hydrogen-bond donors (Lipinski definition) is 2. The van der Waals surface area contributed by atoms with Gasteiger partial charge in [-0.1, -0.05) is 19.1 Å². The fourth-order valence-corrected chi connectivity index (χ4v) is 4.21. The zero-order chi connectivity index (χ0) is 21.0. The summed E-state index contributed by atoms with van der Waals surface area (Å²) >= 11 is 0. The second-order valence-corrected chi connectivity index (χ2v) is 7.89. The van der Waals surface area contributed by atoms with E-state index < -0.39 is 5.41 Å². The van der Waals surface area contributed by atoms with Gasteiger partial charge in [0.05, 0.1) is 30.0 Å². The molecule has 8 nitrogen and oxygen atoms in total. The predicted molar refractivity (Wildman–Crippen MR) is 112 cm³/mol. The van der Waals surface area contributed by atoms with Crippen LogP contribution in [0, 0.1) is 0 Å². The Hall–Kier alpha value is -3.55. The number of hydrogen-bond acceptors (Lipinski definition) is 8. The van der Waals surface area contributed by atoms with E-state index in [1.807, 2.05) is 30.3 Å². The molecule has 1 aliphatic carbocycles. The third kappa shape index (κ3) is 2.71. The number of benzene rings is 2. The Morgan fingerprint density at radius 2 is 2.03 bits per heavy atom. The lowest BCUT2D eigenvalue weighted by atomic mass is 9.96. The van der Waals surface area contributed by atoms with Crippen molar-refractivity contribution >= 4 is 28.6 Å². The smallest absolute Gasteiger partial charge is 0.316 e. The van der Waals surface area contributed by atoms with Gasteiger partial charge in [0.25, 0.3) is 0 Å². The summed E-state index contributed by atoms with van der Waals surface area (Å²) in [6.45, 7) is 2.58. The standard InChI is InChI=1S/C22H22N4O4/c1-11-10-29-18-16(11)15(9-14-17(18)19(23)26-21(24)25-14)30-13-5-3-4-12(8-13)22(6-7-22)20(27)28-2/h3-5,8-9,11H,6-7,10H2,1-2H3,(H4,23,24,25,26). The first kappa shape index (κ1) is 18.5. The highest BCUT2D eigenvalue weighted by molar-refractivity contribution is 5.97. The number of anilines is 2. The molecular formula is C22H22N4O4. The maximum absolute atomic E-state index is 12.3. The van der Waals surface area contributed by atoms with Crippen molar-refractivity contribution in [1.82, 2.24) is 9.97 Å². The van der Waals surface area contributed by atoms with Crippen molar-refractivity contribution in [2.75, 3.05) is 25.2 Å². The Kier molecular flexibility index (Phi) is 3.99. The summed E-state index contributed by atoms with van der Waals surface area (Å²) in [6, 6.07) is 9.38. The molecule has 0 radical (unpaired) electrons. The molecule has 0 saturated heterocycles. The number of nitrogens with two attached hydrogens (primary N) is 2. The molecular weight excluding hydrogens is 384 g/mol. The molecule has 1 aromatic heterocycles. The Balaban J connectivity index is 1.59. The van der Waals surface area contributed by atoms with Crippen LogP contribution in [0.5, 0.6) is 17.2 Å². The first-order valence-corrected chi connectivity index (χ1v) is 9.82. The number of aromatic nitrogens is 2. The molecule has 1 unspecified atom stereocenters. The van der Waals surface area contributed by atoms with Crippen molar-refractivity contribution < 1.29 is 19.0 Å². The zero-order valence-corrected chi connectivity index (χ0v) is 16.8. The van der Waals surface area contributed by atoms with Crippen molar-refractivity contribution in [3.05, 3.63) is 41.5 Å². The van der Waals surface area contributed by atoms with Crippen LogP contribution in [0.4, 0.5) is 11.8 Å². The molecule has 1 saturated carbocycles. The minimum Gasteiger partial charge on any atom is -0.492 e. The van der Waals surface area contributed by atoms with Crippen LogP contribution >= 0.6 is 0 Å². The van der Waals surface area contributed by atoms with Crippen molar-refractivity contribution in [3.63, 3.8) is 0 Å². The number of carbonyl (C=O) groups excluding carboxylic acids is 1. The van der Waals surface area contributed by atoms with E-state index in [1.54, 1.807) is 0 Å². The van der Waals surface area contributed by atoms with Gasteiger partial charge in [0, 0.05) is 17.5 Å². The van der Waals surface area contributed by atoms with Crippen molar-refractivity contribution in [2.45, 2.75) is 31.1 Å². The summed E-state index contributed by atoms with van der Waals surface area (Å²) in [6.07, 6.45) is 1.55. The topological polar surface area (TPSA) is 123 Å². The second kappa shape index (κ2) is 6.48. The number of nitrogens with zero attached hydrogens (tertiary/aromatic N) is 2. The third-order valence-corrected chi connectivity index (χ3v) is 5.90. The Labute approximate surface area is 173 Å². The molecule has 1 atom stereocenters. The second-order valence-electron chi connectivity index (χ2n) is 7.89. The normalized spacial score (nSPS) is 18.5. The summed E-state index contributed by atoms with van der Waals surface area (Å²) in [7, 11) is 1.42. The number of methoxy groups -OCH3 is 1. The van der Waals surface area contributed by atoms with Gasteiger partial charge >= 0.3 is 5.97 Å². The minimum absolute atomic E-state index is 0.0905. The Morgan fingerprint density at radius 3 is 2.77 bits per heavy atom. The molecule has 0 bridgehead atoms. The van der Waals surface area contributed by atoms with Gasteiger partial charge in [0.2, 0.25) is 5.95 Å². The molecule has 3 aromatic rings. The monoisotopic (exact) mass is 406 g/mol. The minimum atomic E-state index is -0.564. The van der Waals surface area contributed by atoms with Gasteiger partial charge in [0.1, 0.15) is 23.1 Å². The number of fused-ring (bicyclic) bond motifs is 3. The fraction of sp³-hybridized carbons (Fsp3) is 0.318. The van der Waals surface area contributed by atoms with E-state index in [4.69, 9.17) is 25.7 Å². The van der Waals surface area contributed by atoms with Crippen LogP contribution in [0.1, 0.15) is 36.8 Å². The number of esters is 1. The summed E-state index contributed by atoms with van der Waals surface area (Å²) in [5.74, 6) is 2.16. The quantitative estimate of drug-likeness (QED) is 0.633. The highest BCUT2D eigenvalue weighted by Gasteiger charge is 2.52. The van der Waals surface area contributed by atoms with Gasteiger partial charge < -0.3 is 25.7 Å². The number of rotatable bonds is 4. The summed E-state index contributed by atoms with van der Waals surface area (Å²) in [4.78, 5) is 20.6. The van der Waals surface area contributed by atoms with Crippen LogP contribution in [0.25, 0.3) is 10.9 Å². The van der Waals surface area contributed by atoms with Gasteiger partial charge in [-0.05, 0) is 30.5 Å². The van der Waals surface area contributed by atoms with Crippen molar-refractivity contribution in [1.29, 1.82) is 0 Å². The van der Waals surface area contributed by atoms with E-state index in [9.17, 15) is 4.79 Å². The zero-order valence-electron chi connectivity index (χ0n) is 16.8. The molecule has 0 amide bonds. The van der Waals surface area contributed by atoms with E-state index in [-0.39, 0.29) is 23.7 Å². The summed E-state index contributed by atoms with van der Waals surface area (Å²) < 4.78 is 17.2. The van der Waals surface area contributed by atoms with E-state index in [2.05, 4.69) is 16.9 Å². The van der Waals surface area contributed by atoms with Crippen molar-refractivity contribution in [3.8, 4) is 17.2 Å². The van der Waals surface area contributed by atoms with Crippen molar-refractivity contribution in [2.24, 2.45) is 0 Å². The molecule has 2 heterocycles. The Morgan fingerprint density at radius 1 is 1.23 bits per heavy atom. The lowest BCUT2D eigenvalue weighted by molar-refractivity contribution is -0.143. The van der Waals surface area contributed by atoms with Gasteiger partial charge in [-0.15, -0.1) is 0 Å². The molecule has 154 valence electrons. The Bertz CT molecular complexity index is 1190. The van der Waals surface area contributed by atoms with Crippen LogP contribution in [0.3, 0.4) is 0 Å². The third-order valence-electron chi connectivity index (χ3n) is 5.90. The first-order valence-electron chi connectivity index (χ1n) is 9.82. The maximum atomic E-state index is 12.3. The van der Waals surface area contributed by atoms with Gasteiger partial charge in [-0.2, -0.15) is 4.98 Å². The SMILES string of the molecule is COC(=O)C1(c2cccc(Oc3cc4nc(N)nc(N)c4c4c3C(C)CO4)c2)CC1.